The number of para-hydroxylation sites is 1. The number of hydrogen-bond donors (Lipinski definition) is 2. The number of aromatic nitrogens is 5. The molecule has 144 valence electrons. The summed E-state index contributed by atoms with van der Waals surface area (Å²) in [7, 11) is 3.38. The third-order valence-electron chi connectivity index (χ3n) is 5.40. The van der Waals surface area contributed by atoms with Crippen LogP contribution in [0, 0.1) is 0 Å². The SMILES string of the molecule is Cn1c(N2CC(O)C2)nc2c1c(=O)n(Cc1cc3ccccc3[nH]1)c(=O)n2C. The molecule has 0 unspecified atom stereocenters. The number of aliphatic hydroxyl groups is 1. The highest BCUT2D eigenvalue weighted by Crippen LogP contribution is 2.22. The highest BCUT2D eigenvalue weighted by atomic mass is 16.3. The molecule has 0 atom stereocenters. The van der Waals surface area contributed by atoms with Crippen LogP contribution in [0.2, 0.25) is 0 Å². The number of anilines is 1. The molecular weight excluding hydrogens is 360 g/mol. The van der Waals surface area contributed by atoms with Crippen molar-refractivity contribution in [2.24, 2.45) is 14.1 Å². The summed E-state index contributed by atoms with van der Waals surface area (Å²) in [6, 6.07) is 9.76. The Labute approximate surface area is 159 Å². The number of β-amino-alcohol motifs (C(OH)–C–C–N with tert-alkyl or cyclic N) is 1. The van der Waals surface area contributed by atoms with E-state index in [1.54, 1.807) is 18.7 Å². The van der Waals surface area contributed by atoms with E-state index < -0.39 is 5.69 Å². The van der Waals surface area contributed by atoms with E-state index in [2.05, 4.69) is 9.97 Å². The number of imidazole rings is 1. The van der Waals surface area contributed by atoms with Crippen molar-refractivity contribution >= 4 is 28.0 Å². The maximum absolute atomic E-state index is 13.2. The summed E-state index contributed by atoms with van der Waals surface area (Å²) in [6.07, 6.45) is -0.387. The lowest BCUT2D eigenvalue weighted by Gasteiger charge is -2.36. The molecule has 1 aromatic carbocycles. The fourth-order valence-corrected chi connectivity index (χ4v) is 3.86. The topological polar surface area (TPSA) is 101 Å². The zero-order valence-corrected chi connectivity index (χ0v) is 15.6. The van der Waals surface area contributed by atoms with Crippen molar-refractivity contribution < 1.29 is 5.11 Å². The number of nitrogens with one attached hydrogen (secondary N) is 1. The first-order chi connectivity index (χ1) is 13.4. The van der Waals surface area contributed by atoms with Crippen LogP contribution in [0.25, 0.3) is 22.1 Å². The van der Waals surface area contributed by atoms with E-state index in [-0.39, 0.29) is 18.2 Å². The Morgan fingerprint density at radius 2 is 1.93 bits per heavy atom. The van der Waals surface area contributed by atoms with Crippen molar-refractivity contribution in [1.82, 2.24) is 23.7 Å². The van der Waals surface area contributed by atoms with Crippen molar-refractivity contribution in [2.75, 3.05) is 18.0 Å². The molecule has 0 saturated carbocycles. The highest BCUT2D eigenvalue weighted by molar-refractivity contribution is 5.80. The van der Waals surface area contributed by atoms with Gasteiger partial charge in [-0.3, -0.25) is 13.9 Å². The van der Waals surface area contributed by atoms with Crippen LogP contribution in [0.1, 0.15) is 5.69 Å². The van der Waals surface area contributed by atoms with E-state index in [9.17, 15) is 14.7 Å². The molecule has 1 aliphatic heterocycles. The molecule has 4 aromatic rings. The third kappa shape index (κ3) is 2.32. The molecule has 9 nitrogen and oxygen atoms in total. The average Bonchev–Trinajstić information content (AvgIpc) is 3.21. The lowest BCUT2D eigenvalue weighted by molar-refractivity contribution is 0.140. The van der Waals surface area contributed by atoms with Gasteiger partial charge >= 0.3 is 5.69 Å². The molecule has 4 heterocycles. The normalized spacial score (nSPS) is 14.9. The highest BCUT2D eigenvalue weighted by Gasteiger charge is 2.30. The Morgan fingerprint density at radius 3 is 2.64 bits per heavy atom. The van der Waals surface area contributed by atoms with E-state index >= 15 is 0 Å². The molecule has 1 aliphatic rings. The maximum atomic E-state index is 13.2. The minimum atomic E-state index is -0.413. The molecule has 1 saturated heterocycles. The van der Waals surface area contributed by atoms with Crippen LogP contribution in [0.15, 0.2) is 39.9 Å². The quantitative estimate of drug-likeness (QED) is 0.527. The summed E-state index contributed by atoms with van der Waals surface area (Å²) in [5, 5.41) is 10.6. The molecule has 9 heteroatoms. The molecule has 0 amide bonds. The van der Waals surface area contributed by atoms with Crippen molar-refractivity contribution in [3.05, 3.63) is 56.9 Å². The molecule has 0 aliphatic carbocycles. The van der Waals surface area contributed by atoms with Crippen LogP contribution in [-0.4, -0.2) is 48.0 Å². The first kappa shape index (κ1) is 16.8. The summed E-state index contributed by atoms with van der Waals surface area (Å²) in [4.78, 5) is 35.7. The third-order valence-corrected chi connectivity index (χ3v) is 5.40. The van der Waals surface area contributed by atoms with E-state index in [1.165, 1.54) is 9.13 Å². The first-order valence-corrected chi connectivity index (χ1v) is 9.10. The van der Waals surface area contributed by atoms with Gasteiger partial charge in [0, 0.05) is 38.4 Å². The van der Waals surface area contributed by atoms with Crippen LogP contribution in [0.4, 0.5) is 5.95 Å². The Kier molecular flexibility index (Phi) is 3.50. The number of H-pyrrole nitrogens is 1. The van der Waals surface area contributed by atoms with Crippen LogP contribution < -0.4 is 16.1 Å². The second kappa shape index (κ2) is 5.83. The Morgan fingerprint density at radius 1 is 1.18 bits per heavy atom. The number of aryl methyl sites for hydroxylation is 2. The number of aromatic amines is 1. The van der Waals surface area contributed by atoms with Crippen molar-refractivity contribution in [1.29, 1.82) is 0 Å². The zero-order valence-electron chi connectivity index (χ0n) is 15.6. The van der Waals surface area contributed by atoms with Gasteiger partial charge in [0.15, 0.2) is 11.2 Å². The summed E-state index contributed by atoms with van der Waals surface area (Å²) in [5.74, 6) is 0.579. The Balaban J connectivity index is 1.65. The van der Waals surface area contributed by atoms with Gasteiger partial charge in [0.05, 0.1) is 12.6 Å². The number of fused-ring (bicyclic) bond motifs is 2. The predicted molar refractivity (Wildman–Crippen MR) is 106 cm³/mol. The Hall–Kier alpha value is -3.33. The molecule has 0 spiro atoms. The summed E-state index contributed by atoms with van der Waals surface area (Å²) < 4.78 is 4.33. The standard InChI is InChI=1S/C19H20N6O3/c1-22-15-16(21-18(22)24-9-13(26)10-24)23(2)19(28)25(17(15)27)8-12-7-11-5-3-4-6-14(11)20-12/h3-7,13,20,26H,8-10H2,1-2H3. The van der Waals surface area contributed by atoms with Crippen LogP contribution >= 0.6 is 0 Å². The van der Waals surface area contributed by atoms with Gasteiger partial charge < -0.3 is 19.6 Å². The predicted octanol–water partition coefficient (Wildman–Crippen LogP) is 0.144. The number of rotatable bonds is 3. The summed E-state index contributed by atoms with van der Waals surface area (Å²) in [6.45, 7) is 1.09. The molecule has 2 N–H and O–H groups in total. The molecule has 0 radical (unpaired) electrons. The van der Waals surface area contributed by atoms with Crippen molar-refractivity contribution in [2.45, 2.75) is 12.6 Å². The fraction of sp³-hybridized carbons (Fsp3) is 0.316. The second-order valence-electron chi connectivity index (χ2n) is 7.32. The first-order valence-electron chi connectivity index (χ1n) is 9.10. The zero-order chi connectivity index (χ0) is 19.6. The van der Waals surface area contributed by atoms with E-state index in [4.69, 9.17) is 0 Å². The van der Waals surface area contributed by atoms with E-state index in [1.807, 2.05) is 35.2 Å². The Bertz CT molecular complexity index is 1300. The molecule has 5 rings (SSSR count). The van der Waals surface area contributed by atoms with Gasteiger partial charge in [-0.2, -0.15) is 4.98 Å². The van der Waals surface area contributed by atoms with Gasteiger partial charge in [0.1, 0.15) is 0 Å². The molecule has 1 fully saturated rings. The van der Waals surface area contributed by atoms with Crippen molar-refractivity contribution in [3.63, 3.8) is 0 Å². The summed E-state index contributed by atoms with van der Waals surface area (Å²) in [5.41, 5.74) is 1.68. The lowest BCUT2D eigenvalue weighted by Crippen LogP contribution is -2.51. The summed E-state index contributed by atoms with van der Waals surface area (Å²) >= 11 is 0. The second-order valence-corrected chi connectivity index (χ2v) is 7.32. The number of hydrogen-bond acceptors (Lipinski definition) is 5. The number of nitrogens with zero attached hydrogens (tertiary/aromatic N) is 5. The van der Waals surface area contributed by atoms with Crippen LogP contribution in [0.3, 0.4) is 0 Å². The smallest absolute Gasteiger partial charge is 0.332 e. The van der Waals surface area contributed by atoms with Crippen LogP contribution in [0.5, 0.6) is 0 Å². The van der Waals surface area contributed by atoms with E-state index in [0.717, 1.165) is 16.6 Å². The number of aliphatic hydroxyl groups excluding tert-OH is 1. The van der Waals surface area contributed by atoms with Gasteiger partial charge in [-0.25, -0.2) is 4.79 Å². The maximum Gasteiger partial charge on any atom is 0.332 e. The minimum absolute atomic E-state index is 0.152. The molecule has 0 bridgehead atoms. The molecular formula is C19H20N6O3. The molecule has 3 aromatic heterocycles. The number of benzene rings is 1. The van der Waals surface area contributed by atoms with Gasteiger partial charge in [-0.05, 0) is 17.5 Å². The van der Waals surface area contributed by atoms with Gasteiger partial charge in [0.2, 0.25) is 5.95 Å². The average molecular weight is 380 g/mol. The lowest BCUT2D eigenvalue weighted by atomic mass is 10.2. The van der Waals surface area contributed by atoms with Gasteiger partial charge in [0.25, 0.3) is 5.56 Å². The minimum Gasteiger partial charge on any atom is -0.389 e. The largest absolute Gasteiger partial charge is 0.389 e. The van der Waals surface area contributed by atoms with Gasteiger partial charge in [-0.1, -0.05) is 18.2 Å². The van der Waals surface area contributed by atoms with Crippen molar-refractivity contribution in [3.8, 4) is 0 Å². The van der Waals surface area contributed by atoms with E-state index in [0.29, 0.717) is 30.2 Å². The fourth-order valence-electron chi connectivity index (χ4n) is 3.86. The monoisotopic (exact) mass is 380 g/mol. The molecule has 28 heavy (non-hydrogen) atoms. The van der Waals surface area contributed by atoms with Crippen LogP contribution in [-0.2, 0) is 20.6 Å². The van der Waals surface area contributed by atoms with Gasteiger partial charge in [-0.15, -0.1) is 0 Å².